The number of nitrogens with zero attached hydrogens (tertiary/aromatic N) is 1. The smallest absolute Gasteiger partial charge is 0.257 e. The number of ether oxygens (including phenoxy) is 2. The van der Waals surface area contributed by atoms with Gasteiger partial charge in [0.1, 0.15) is 11.9 Å². The second kappa shape index (κ2) is 6.44. The predicted molar refractivity (Wildman–Crippen MR) is 80.1 cm³/mol. The number of nitrogens with one attached hydrogen (secondary N) is 1. The lowest BCUT2D eigenvalue weighted by atomic mass is 10.2. The molecule has 2 aromatic rings. The number of aromatic hydroxyl groups is 1. The Morgan fingerprint density at radius 3 is 2.73 bits per heavy atom. The van der Waals surface area contributed by atoms with Gasteiger partial charge in [0.25, 0.3) is 5.91 Å². The van der Waals surface area contributed by atoms with E-state index in [4.69, 9.17) is 9.47 Å². The minimum absolute atomic E-state index is 0.0316. The number of aromatic nitrogens is 1. The zero-order valence-electron chi connectivity index (χ0n) is 11.9. The van der Waals surface area contributed by atoms with Gasteiger partial charge >= 0.3 is 0 Å². The van der Waals surface area contributed by atoms with Crippen molar-refractivity contribution in [3.8, 4) is 11.6 Å². The molecule has 1 saturated heterocycles. The summed E-state index contributed by atoms with van der Waals surface area (Å²) in [4.78, 5) is 16.2. The van der Waals surface area contributed by atoms with E-state index in [1.807, 2.05) is 0 Å². The molecule has 1 unspecified atom stereocenters. The predicted octanol–water partition coefficient (Wildman–Crippen LogP) is 2.21. The van der Waals surface area contributed by atoms with Gasteiger partial charge in [-0.2, -0.15) is 0 Å². The highest BCUT2D eigenvalue weighted by atomic mass is 16.5. The van der Waals surface area contributed by atoms with Crippen molar-refractivity contribution in [1.29, 1.82) is 0 Å². The summed E-state index contributed by atoms with van der Waals surface area (Å²) >= 11 is 0. The normalized spacial score (nSPS) is 17.2. The molecule has 6 heteroatoms. The zero-order valence-corrected chi connectivity index (χ0v) is 11.9. The van der Waals surface area contributed by atoms with Crippen molar-refractivity contribution >= 4 is 11.6 Å². The van der Waals surface area contributed by atoms with Crippen molar-refractivity contribution in [2.45, 2.75) is 12.5 Å². The maximum absolute atomic E-state index is 12.1. The lowest BCUT2D eigenvalue weighted by molar-refractivity contribution is 0.102. The van der Waals surface area contributed by atoms with Crippen molar-refractivity contribution in [2.24, 2.45) is 0 Å². The average Bonchev–Trinajstić information content (AvgIpc) is 3.03. The minimum atomic E-state index is -0.270. The number of phenolic OH excluding ortho intramolecular Hbond substituents is 1. The Bertz CT molecular complexity index is 634. The lowest BCUT2D eigenvalue weighted by Crippen LogP contribution is -2.17. The van der Waals surface area contributed by atoms with Crippen LogP contribution in [-0.2, 0) is 4.74 Å². The van der Waals surface area contributed by atoms with Gasteiger partial charge < -0.3 is 19.9 Å². The van der Waals surface area contributed by atoms with E-state index in [2.05, 4.69) is 10.3 Å². The highest BCUT2D eigenvalue weighted by Gasteiger charge is 2.17. The molecular weight excluding hydrogens is 284 g/mol. The van der Waals surface area contributed by atoms with Gasteiger partial charge in [0.2, 0.25) is 5.88 Å². The standard InChI is InChI=1S/C16H16N2O4/c19-13-4-2-12(3-5-13)18-16(20)11-1-6-15(17-9-11)22-14-7-8-21-10-14/h1-6,9,14,19H,7-8,10H2,(H,18,20). The van der Waals surface area contributed by atoms with Crippen molar-refractivity contribution in [2.75, 3.05) is 18.5 Å². The number of benzene rings is 1. The summed E-state index contributed by atoms with van der Waals surface area (Å²) in [6.45, 7) is 1.28. The third-order valence-corrected chi connectivity index (χ3v) is 3.30. The van der Waals surface area contributed by atoms with Gasteiger partial charge in [-0.05, 0) is 30.3 Å². The van der Waals surface area contributed by atoms with Crippen LogP contribution in [0.3, 0.4) is 0 Å². The first-order chi connectivity index (χ1) is 10.7. The SMILES string of the molecule is O=C(Nc1ccc(O)cc1)c1ccc(OC2CCOC2)nc1. The van der Waals surface area contributed by atoms with E-state index >= 15 is 0 Å². The molecular formula is C16H16N2O4. The largest absolute Gasteiger partial charge is 0.508 e. The first kappa shape index (κ1) is 14.3. The minimum Gasteiger partial charge on any atom is -0.508 e. The van der Waals surface area contributed by atoms with Gasteiger partial charge in [0.15, 0.2) is 0 Å². The van der Waals surface area contributed by atoms with Gasteiger partial charge in [0, 0.05) is 24.4 Å². The average molecular weight is 300 g/mol. The van der Waals surface area contributed by atoms with Crippen LogP contribution in [0.5, 0.6) is 11.6 Å². The molecule has 6 nitrogen and oxygen atoms in total. The van der Waals surface area contributed by atoms with Gasteiger partial charge in [-0.25, -0.2) is 4.98 Å². The Morgan fingerprint density at radius 1 is 1.27 bits per heavy atom. The van der Waals surface area contributed by atoms with Crippen molar-refractivity contribution in [3.05, 3.63) is 48.2 Å². The van der Waals surface area contributed by atoms with Gasteiger partial charge in [0.05, 0.1) is 18.8 Å². The molecule has 22 heavy (non-hydrogen) atoms. The van der Waals surface area contributed by atoms with Crippen LogP contribution in [0.1, 0.15) is 16.8 Å². The third-order valence-electron chi connectivity index (χ3n) is 3.30. The van der Waals surface area contributed by atoms with E-state index in [-0.39, 0.29) is 17.8 Å². The third kappa shape index (κ3) is 3.53. The van der Waals surface area contributed by atoms with Crippen molar-refractivity contribution < 1.29 is 19.4 Å². The van der Waals surface area contributed by atoms with Crippen LogP contribution in [0.25, 0.3) is 0 Å². The molecule has 1 fully saturated rings. The molecule has 0 radical (unpaired) electrons. The highest BCUT2D eigenvalue weighted by molar-refractivity contribution is 6.04. The van der Waals surface area contributed by atoms with Crippen molar-refractivity contribution in [1.82, 2.24) is 4.98 Å². The number of anilines is 1. The Morgan fingerprint density at radius 2 is 2.09 bits per heavy atom. The monoisotopic (exact) mass is 300 g/mol. The summed E-state index contributed by atoms with van der Waals surface area (Å²) < 4.78 is 10.9. The fraction of sp³-hybridized carbons (Fsp3) is 0.250. The molecule has 0 aliphatic carbocycles. The molecule has 2 heterocycles. The van der Waals surface area contributed by atoms with Crippen LogP contribution in [0, 0.1) is 0 Å². The molecule has 0 bridgehead atoms. The second-order valence-corrected chi connectivity index (χ2v) is 4.99. The van der Waals surface area contributed by atoms with Crippen LogP contribution in [0.2, 0.25) is 0 Å². The van der Waals surface area contributed by atoms with Crippen LogP contribution >= 0.6 is 0 Å². The first-order valence-electron chi connectivity index (χ1n) is 7.01. The summed E-state index contributed by atoms with van der Waals surface area (Å²) in [5.41, 5.74) is 1.04. The fourth-order valence-electron chi connectivity index (χ4n) is 2.11. The maximum Gasteiger partial charge on any atom is 0.257 e. The maximum atomic E-state index is 12.1. The van der Waals surface area contributed by atoms with E-state index in [1.165, 1.54) is 18.3 Å². The highest BCUT2D eigenvalue weighted by Crippen LogP contribution is 2.17. The van der Waals surface area contributed by atoms with Gasteiger partial charge in [-0.15, -0.1) is 0 Å². The summed E-state index contributed by atoms with van der Waals surface area (Å²) in [5, 5.41) is 11.9. The summed E-state index contributed by atoms with van der Waals surface area (Å²) in [5.74, 6) is 0.364. The summed E-state index contributed by atoms with van der Waals surface area (Å²) in [6, 6.07) is 9.59. The Balaban J connectivity index is 1.61. The molecule has 0 spiro atoms. The number of hydrogen-bond donors (Lipinski definition) is 2. The molecule has 1 amide bonds. The number of amides is 1. The summed E-state index contributed by atoms with van der Waals surface area (Å²) in [7, 11) is 0. The quantitative estimate of drug-likeness (QED) is 0.846. The van der Waals surface area contributed by atoms with Crippen LogP contribution in [-0.4, -0.2) is 35.3 Å². The zero-order chi connectivity index (χ0) is 15.4. The Kier molecular flexibility index (Phi) is 4.20. The molecule has 1 aromatic heterocycles. The van der Waals surface area contributed by atoms with Crippen LogP contribution in [0.15, 0.2) is 42.6 Å². The van der Waals surface area contributed by atoms with Crippen LogP contribution in [0.4, 0.5) is 5.69 Å². The van der Waals surface area contributed by atoms with E-state index in [1.54, 1.807) is 24.3 Å². The number of carbonyl (C=O) groups is 1. The Labute approximate surface area is 127 Å². The Hall–Kier alpha value is -2.60. The first-order valence-corrected chi connectivity index (χ1v) is 7.01. The number of pyridine rings is 1. The molecule has 2 N–H and O–H groups in total. The summed E-state index contributed by atoms with van der Waals surface area (Å²) in [6.07, 6.45) is 2.36. The van der Waals surface area contributed by atoms with E-state index in [0.29, 0.717) is 30.3 Å². The molecule has 114 valence electrons. The number of rotatable bonds is 4. The second-order valence-electron chi connectivity index (χ2n) is 4.99. The van der Waals surface area contributed by atoms with Gasteiger partial charge in [-0.1, -0.05) is 0 Å². The number of hydrogen-bond acceptors (Lipinski definition) is 5. The van der Waals surface area contributed by atoms with E-state index in [9.17, 15) is 9.90 Å². The molecule has 3 rings (SSSR count). The topological polar surface area (TPSA) is 80.7 Å². The fourth-order valence-corrected chi connectivity index (χ4v) is 2.11. The number of carbonyl (C=O) groups excluding carboxylic acids is 1. The molecule has 1 aliphatic heterocycles. The van der Waals surface area contributed by atoms with Gasteiger partial charge in [-0.3, -0.25) is 4.79 Å². The van der Waals surface area contributed by atoms with E-state index < -0.39 is 0 Å². The molecule has 1 atom stereocenters. The van der Waals surface area contributed by atoms with Crippen LogP contribution < -0.4 is 10.1 Å². The molecule has 1 aromatic carbocycles. The van der Waals surface area contributed by atoms with E-state index in [0.717, 1.165) is 6.42 Å². The van der Waals surface area contributed by atoms with Crippen molar-refractivity contribution in [3.63, 3.8) is 0 Å². The molecule has 1 aliphatic rings. The lowest BCUT2D eigenvalue weighted by Gasteiger charge is -2.11. The molecule has 0 saturated carbocycles. The number of phenols is 1.